The van der Waals surface area contributed by atoms with Crippen molar-refractivity contribution in [2.75, 3.05) is 18.9 Å². The standard InChI is InChI=1S/C17H15ClFN3O/c1-22(10-14-15(18)6-3-7-16(14)19)11-17(23)21-13-5-2-4-12(8-13)9-20/h2-8H,10-11H2,1H3,(H,21,23). The summed E-state index contributed by atoms with van der Waals surface area (Å²) in [6.45, 7) is 0.290. The van der Waals surface area contributed by atoms with Crippen molar-refractivity contribution in [2.45, 2.75) is 6.54 Å². The number of likely N-dealkylation sites (N-methyl/N-ethyl adjacent to an activating group) is 1. The molecular weight excluding hydrogens is 317 g/mol. The molecule has 118 valence electrons. The summed E-state index contributed by atoms with van der Waals surface area (Å²) < 4.78 is 13.7. The zero-order chi connectivity index (χ0) is 16.8. The lowest BCUT2D eigenvalue weighted by molar-refractivity contribution is -0.117. The molecule has 0 radical (unpaired) electrons. The van der Waals surface area contributed by atoms with Gasteiger partial charge in [0.2, 0.25) is 5.91 Å². The summed E-state index contributed by atoms with van der Waals surface area (Å²) in [5.41, 5.74) is 1.37. The second-order valence-electron chi connectivity index (χ2n) is 5.11. The number of nitriles is 1. The van der Waals surface area contributed by atoms with Crippen LogP contribution in [-0.2, 0) is 11.3 Å². The van der Waals surface area contributed by atoms with Gasteiger partial charge in [0.1, 0.15) is 5.82 Å². The Morgan fingerprint density at radius 2 is 2.09 bits per heavy atom. The highest BCUT2D eigenvalue weighted by molar-refractivity contribution is 6.31. The maximum Gasteiger partial charge on any atom is 0.238 e. The predicted octanol–water partition coefficient (Wildman–Crippen LogP) is 3.42. The fourth-order valence-corrected chi connectivity index (χ4v) is 2.34. The Hall–Kier alpha value is -2.42. The van der Waals surface area contributed by atoms with E-state index < -0.39 is 5.82 Å². The van der Waals surface area contributed by atoms with Gasteiger partial charge in [-0.2, -0.15) is 5.26 Å². The van der Waals surface area contributed by atoms with E-state index in [4.69, 9.17) is 16.9 Å². The molecule has 0 spiro atoms. The fourth-order valence-electron chi connectivity index (χ4n) is 2.12. The van der Waals surface area contributed by atoms with Crippen molar-refractivity contribution in [3.63, 3.8) is 0 Å². The molecule has 0 saturated heterocycles. The van der Waals surface area contributed by atoms with Crippen LogP contribution >= 0.6 is 11.6 Å². The first-order chi connectivity index (χ1) is 11.0. The van der Waals surface area contributed by atoms with Gasteiger partial charge in [-0.15, -0.1) is 0 Å². The number of carbonyl (C=O) groups is 1. The van der Waals surface area contributed by atoms with Crippen molar-refractivity contribution in [3.05, 3.63) is 64.4 Å². The van der Waals surface area contributed by atoms with E-state index in [1.54, 1.807) is 42.3 Å². The van der Waals surface area contributed by atoms with Crippen LogP contribution < -0.4 is 5.32 Å². The second-order valence-corrected chi connectivity index (χ2v) is 5.52. The monoisotopic (exact) mass is 331 g/mol. The van der Waals surface area contributed by atoms with E-state index in [0.29, 0.717) is 21.8 Å². The summed E-state index contributed by atoms with van der Waals surface area (Å²) in [4.78, 5) is 13.7. The van der Waals surface area contributed by atoms with E-state index in [1.807, 2.05) is 6.07 Å². The molecule has 4 nitrogen and oxygen atoms in total. The third-order valence-corrected chi connectivity index (χ3v) is 3.53. The number of hydrogen-bond donors (Lipinski definition) is 1. The largest absolute Gasteiger partial charge is 0.325 e. The van der Waals surface area contributed by atoms with E-state index in [0.717, 1.165) is 0 Å². The van der Waals surface area contributed by atoms with Crippen LogP contribution in [0.25, 0.3) is 0 Å². The third-order valence-electron chi connectivity index (χ3n) is 3.18. The number of nitrogens with zero attached hydrogens (tertiary/aromatic N) is 2. The van der Waals surface area contributed by atoms with Gasteiger partial charge in [-0.1, -0.05) is 23.7 Å². The van der Waals surface area contributed by atoms with Crippen molar-refractivity contribution >= 4 is 23.2 Å². The van der Waals surface area contributed by atoms with Gasteiger partial charge in [0.05, 0.1) is 18.2 Å². The molecule has 0 saturated carbocycles. The minimum absolute atomic E-state index is 0.0709. The van der Waals surface area contributed by atoms with Crippen LogP contribution in [-0.4, -0.2) is 24.4 Å². The highest BCUT2D eigenvalue weighted by Gasteiger charge is 2.12. The first kappa shape index (κ1) is 16.9. The van der Waals surface area contributed by atoms with Crippen molar-refractivity contribution in [1.29, 1.82) is 5.26 Å². The fraction of sp³-hybridized carbons (Fsp3) is 0.176. The molecule has 1 N–H and O–H groups in total. The molecule has 0 aliphatic heterocycles. The summed E-state index contributed by atoms with van der Waals surface area (Å²) in [5.74, 6) is -0.651. The smallest absolute Gasteiger partial charge is 0.238 e. The van der Waals surface area contributed by atoms with Crippen molar-refractivity contribution < 1.29 is 9.18 Å². The van der Waals surface area contributed by atoms with E-state index in [-0.39, 0.29) is 19.0 Å². The van der Waals surface area contributed by atoms with Crippen molar-refractivity contribution in [2.24, 2.45) is 0 Å². The first-order valence-corrected chi connectivity index (χ1v) is 7.29. The number of benzene rings is 2. The summed E-state index contributed by atoms with van der Waals surface area (Å²) in [5, 5.41) is 11.9. The molecule has 23 heavy (non-hydrogen) atoms. The van der Waals surface area contributed by atoms with Gasteiger partial charge in [-0.25, -0.2) is 4.39 Å². The van der Waals surface area contributed by atoms with Crippen molar-refractivity contribution in [3.8, 4) is 6.07 Å². The summed E-state index contributed by atoms with van der Waals surface area (Å²) in [6, 6.07) is 13.1. The van der Waals surface area contributed by atoms with Gasteiger partial charge < -0.3 is 5.32 Å². The summed E-state index contributed by atoms with van der Waals surface area (Å²) in [7, 11) is 1.70. The molecule has 2 rings (SSSR count). The van der Waals surface area contributed by atoms with Gasteiger partial charge in [0.15, 0.2) is 0 Å². The lowest BCUT2D eigenvalue weighted by Crippen LogP contribution is -2.30. The van der Waals surface area contributed by atoms with Crippen molar-refractivity contribution in [1.82, 2.24) is 4.90 Å². The quantitative estimate of drug-likeness (QED) is 0.913. The molecule has 0 bridgehead atoms. The van der Waals surface area contributed by atoms with E-state index in [9.17, 15) is 9.18 Å². The lowest BCUT2D eigenvalue weighted by Gasteiger charge is -2.17. The number of hydrogen-bond acceptors (Lipinski definition) is 3. The average Bonchev–Trinajstić information content (AvgIpc) is 2.51. The normalized spacial score (nSPS) is 10.4. The summed E-state index contributed by atoms with van der Waals surface area (Å²) >= 11 is 5.98. The molecule has 0 aromatic heterocycles. The van der Waals surface area contributed by atoms with E-state index >= 15 is 0 Å². The van der Waals surface area contributed by atoms with Gasteiger partial charge in [0.25, 0.3) is 0 Å². The van der Waals surface area contributed by atoms with Crippen LogP contribution in [0, 0.1) is 17.1 Å². The molecule has 1 amide bonds. The highest BCUT2D eigenvalue weighted by atomic mass is 35.5. The van der Waals surface area contributed by atoms with Crippen LogP contribution in [0.5, 0.6) is 0 Å². The Labute approximate surface area is 139 Å². The Morgan fingerprint density at radius 1 is 1.35 bits per heavy atom. The van der Waals surface area contributed by atoms with Gasteiger partial charge in [-0.3, -0.25) is 9.69 Å². The lowest BCUT2D eigenvalue weighted by atomic mass is 10.2. The third kappa shape index (κ3) is 4.78. The van der Waals surface area contributed by atoms with Gasteiger partial charge in [-0.05, 0) is 37.4 Å². The SMILES string of the molecule is CN(CC(=O)Nc1cccc(C#N)c1)Cc1c(F)cccc1Cl. The topological polar surface area (TPSA) is 56.1 Å². The maximum absolute atomic E-state index is 13.7. The molecule has 0 unspecified atom stereocenters. The molecule has 0 atom stereocenters. The molecule has 6 heteroatoms. The second kappa shape index (κ2) is 7.73. The van der Waals surface area contributed by atoms with E-state index in [1.165, 1.54) is 12.1 Å². The van der Waals surface area contributed by atoms with Gasteiger partial charge in [0, 0.05) is 22.8 Å². The Bertz CT molecular complexity index is 737. The number of rotatable bonds is 5. The zero-order valence-electron chi connectivity index (χ0n) is 12.5. The molecule has 0 heterocycles. The Kier molecular flexibility index (Phi) is 5.69. The minimum atomic E-state index is -0.397. The molecule has 2 aromatic rings. The number of carbonyl (C=O) groups excluding carboxylic acids is 1. The van der Waals surface area contributed by atoms with Gasteiger partial charge >= 0.3 is 0 Å². The van der Waals surface area contributed by atoms with Crippen LogP contribution in [0.2, 0.25) is 5.02 Å². The minimum Gasteiger partial charge on any atom is -0.325 e. The molecule has 0 fully saturated rings. The Balaban J connectivity index is 1.96. The number of nitrogens with one attached hydrogen (secondary N) is 1. The number of amides is 1. The average molecular weight is 332 g/mol. The van der Waals surface area contributed by atoms with E-state index in [2.05, 4.69) is 5.32 Å². The molecule has 2 aromatic carbocycles. The molecular formula is C17H15ClFN3O. The maximum atomic E-state index is 13.7. The number of anilines is 1. The predicted molar refractivity (Wildman–Crippen MR) is 87.5 cm³/mol. The van der Waals surface area contributed by atoms with Crippen LogP contribution in [0.3, 0.4) is 0 Å². The van der Waals surface area contributed by atoms with Crippen LogP contribution in [0.1, 0.15) is 11.1 Å². The zero-order valence-corrected chi connectivity index (χ0v) is 13.3. The van der Waals surface area contributed by atoms with Crippen LogP contribution in [0.15, 0.2) is 42.5 Å². The Morgan fingerprint density at radius 3 is 2.78 bits per heavy atom. The highest BCUT2D eigenvalue weighted by Crippen LogP contribution is 2.20. The molecule has 0 aliphatic carbocycles. The summed E-state index contributed by atoms with van der Waals surface area (Å²) in [6.07, 6.45) is 0. The number of halogens is 2. The molecule has 0 aliphatic rings. The van der Waals surface area contributed by atoms with Crippen LogP contribution in [0.4, 0.5) is 10.1 Å². The first-order valence-electron chi connectivity index (χ1n) is 6.91.